The van der Waals surface area contributed by atoms with Crippen molar-refractivity contribution < 1.29 is 19.3 Å². The van der Waals surface area contributed by atoms with E-state index >= 15 is 0 Å². The highest BCUT2D eigenvalue weighted by Crippen LogP contribution is 2.11. The molecule has 0 atom stereocenters. The number of carbonyl (C=O) groups excluding carboxylic acids is 1. The molecule has 0 fully saturated rings. The second kappa shape index (κ2) is 9.28. The van der Waals surface area contributed by atoms with Crippen LogP contribution in [0.15, 0.2) is 39.7 Å². The zero-order valence-electron chi connectivity index (χ0n) is 13.1. The lowest BCUT2D eigenvalue weighted by Gasteiger charge is -2.07. The number of aldehydes is 1. The number of oxime groups is 3. The fraction of sp³-hybridized carbons (Fsp3) is 0.333. The lowest BCUT2D eigenvalue weighted by molar-refractivity contribution is -0.102. The number of hydrogen-bond donors (Lipinski definition) is 0. The molecule has 0 amide bonds. The fourth-order valence-corrected chi connectivity index (χ4v) is 1.60. The third-order valence-electron chi connectivity index (χ3n) is 2.77. The Bertz CT molecular complexity index is 594. The van der Waals surface area contributed by atoms with E-state index < -0.39 is 0 Å². The highest BCUT2D eigenvalue weighted by molar-refractivity contribution is 6.40. The molecule has 1 rings (SSSR count). The van der Waals surface area contributed by atoms with Gasteiger partial charge in [-0.15, -0.1) is 0 Å². The molecule has 0 saturated carbocycles. The summed E-state index contributed by atoms with van der Waals surface area (Å²) in [6, 6.07) is 7.23. The summed E-state index contributed by atoms with van der Waals surface area (Å²) in [6.07, 6.45) is 0.631. The van der Waals surface area contributed by atoms with E-state index in [0.29, 0.717) is 23.3 Å². The number of nitrogens with zero attached hydrogens (tertiary/aromatic N) is 3. The van der Waals surface area contributed by atoms with E-state index in [1.54, 1.807) is 26.0 Å². The predicted molar refractivity (Wildman–Crippen MR) is 84.1 cm³/mol. The van der Waals surface area contributed by atoms with Crippen LogP contribution in [0, 0.1) is 0 Å². The first-order valence-electron chi connectivity index (χ1n) is 6.53. The van der Waals surface area contributed by atoms with E-state index in [2.05, 4.69) is 25.1 Å². The van der Waals surface area contributed by atoms with Gasteiger partial charge in [0.15, 0.2) is 6.29 Å². The highest BCUT2D eigenvalue weighted by atomic mass is 16.6. The van der Waals surface area contributed by atoms with Gasteiger partial charge in [-0.1, -0.05) is 39.7 Å². The van der Waals surface area contributed by atoms with Crippen LogP contribution in [0.3, 0.4) is 0 Å². The van der Waals surface area contributed by atoms with Gasteiger partial charge in [-0.05, 0) is 13.8 Å². The molecule has 0 aromatic heterocycles. The fourth-order valence-electron chi connectivity index (χ4n) is 1.60. The third-order valence-corrected chi connectivity index (χ3v) is 2.77. The summed E-state index contributed by atoms with van der Waals surface area (Å²) >= 11 is 0. The van der Waals surface area contributed by atoms with E-state index in [4.69, 9.17) is 4.84 Å². The summed E-state index contributed by atoms with van der Waals surface area (Å²) in [4.78, 5) is 25.7. The Morgan fingerprint density at radius 3 is 2.32 bits per heavy atom. The van der Waals surface area contributed by atoms with Gasteiger partial charge in [-0.25, -0.2) is 0 Å². The molecule has 0 radical (unpaired) electrons. The van der Waals surface area contributed by atoms with Crippen molar-refractivity contribution in [2.24, 2.45) is 15.5 Å². The van der Waals surface area contributed by atoms with E-state index in [0.717, 1.165) is 5.56 Å². The van der Waals surface area contributed by atoms with Crippen LogP contribution < -0.4 is 0 Å². The Labute approximate surface area is 129 Å². The van der Waals surface area contributed by atoms with E-state index in [1.165, 1.54) is 14.2 Å². The second-order valence-electron chi connectivity index (χ2n) is 4.24. The van der Waals surface area contributed by atoms with Gasteiger partial charge in [-0.2, -0.15) is 0 Å². The molecule has 0 N–H and O–H groups in total. The number of benzene rings is 1. The minimum Gasteiger partial charge on any atom is -0.399 e. The standard InChI is InChI=1S/C15H19N3O4/c1-11(16-20-3)12(2)17-22-10-13-7-5-6-8-14(13)15(9-19)18-21-4/h5-9H,10H2,1-4H3. The molecule has 0 aliphatic carbocycles. The molecule has 0 aliphatic heterocycles. The van der Waals surface area contributed by atoms with Crippen LogP contribution in [0.1, 0.15) is 25.0 Å². The average Bonchev–Trinajstić information content (AvgIpc) is 2.53. The van der Waals surface area contributed by atoms with Gasteiger partial charge in [0.05, 0.1) is 0 Å². The van der Waals surface area contributed by atoms with Crippen molar-refractivity contribution in [2.75, 3.05) is 14.2 Å². The van der Waals surface area contributed by atoms with Crippen molar-refractivity contribution >= 4 is 23.4 Å². The topological polar surface area (TPSA) is 81.8 Å². The molecule has 0 bridgehead atoms. The van der Waals surface area contributed by atoms with Crippen LogP contribution in [0.5, 0.6) is 0 Å². The van der Waals surface area contributed by atoms with Gasteiger partial charge in [0.1, 0.15) is 38.0 Å². The lowest BCUT2D eigenvalue weighted by Crippen LogP contribution is -2.09. The van der Waals surface area contributed by atoms with E-state index in [-0.39, 0.29) is 12.3 Å². The van der Waals surface area contributed by atoms with E-state index in [9.17, 15) is 4.79 Å². The van der Waals surface area contributed by atoms with Crippen molar-refractivity contribution in [2.45, 2.75) is 20.5 Å². The molecule has 7 heteroatoms. The van der Waals surface area contributed by atoms with Crippen molar-refractivity contribution in [1.29, 1.82) is 0 Å². The highest BCUT2D eigenvalue weighted by Gasteiger charge is 2.09. The van der Waals surface area contributed by atoms with Crippen molar-refractivity contribution in [1.82, 2.24) is 0 Å². The summed E-state index contributed by atoms with van der Waals surface area (Å²) in [5, 5.41) is 11.4. The minimum atomic E-state index is 0.185. The van der Waals surface area contributed by atoms with Gasteiger partial charge in [0.2, 0.25) is 0 Å². The van der Waals surface area contributed by atoms with Gasteiger partial charge in [0.25, 0.3) is 0 Å². The van der Waals surface area contributed by atoms with Gasteiger partial charge in [0, 0.05) is 11.1 Å². The number of rotatable bonds is 8. The quantitative estimate of drug-likeness (QED) is 0.418. The molecule has 0 aliphatic rings. The Hall–Kier alpha value is -2.70. The normalized spacial score (nSPS) is 12.8. The molecule has 1 aromatic rings. The number of carbonyl (C=O) groups is 1. The lowest BCUT2D eigenvalue weighted by atomic mass is 10.0. The molecule has 22 heavy (non-hydrogen) atoms. The van der Waals surface area contributed by atoms with Gasteiger partial charge in [-0.3, -0.25) is 4.79 Å². The molecular formula is C15H19N3O4. The SMILES string of the molecule is CON=C(C)C(C)=NOCc1ccccc1C(C=O)=NOC. The zero-order chi connectivity index (χ0) is 16.4. The summed E-state index contributed by atoms with van der Waals surface area (Å²) in [7, 11) is 2.85. The van der Waals surface area contributed by atoms with Crippen molar-refractivity contribution in [3.8, 4) is 0 Å². The average molecular weight is 305 g/mol. The molecular weight excluding hydrogens is 286 g/mol. The first-order chi connectivity index (χ1) is 10.6. The molecule has 0 heterocycles. The Balaban J connectivity index is 2.87. The summed E-state index contributed by atoms with van der Waals surface area (Å²) < 4.78 is 0. The van der Waals surface area contributed by atoms with Gasteiger partial charge < -0.3 is 14.5 Å². The van der Waals surface area contributed by atoms with Gasteiger partial charge >= 0.3 is 0 Å². The predicted octanol–water partition coefficient (Wildman–Crippen LogP) is 2.15. The van der Waals surface area contributed by atoms with Crippen molar-refractivity contribution in [3.05, 3.63) is 35.4 Å². The van der Waals surface area contributed by atoms with E-state index in [1.807, 2.05) is 12.1 Å². The molecule has 0 unspecified atom stereocenters. The molecule has 118 valence electrons. The summed E-state index contributed by atoms with van der Waals surface area (Å²) in [5.74, 6) is 0. The maximum Gasteiger partial charge on any atom is 0.172 e. The van der Waals surface area contributed by atoms with Crippen LogP contribution in [0.25, 0.3) is 0 Å². The second-order valence-corrected chi connectivity index (χ2v) is 4.24. The van der Waals surface area contributed by atoms with Crippen LogP contribution in [0.2, 0.25) is 0 Å². The third kappa shape index (κ3) is 5.01. The Kier molecular flexibility index (Phi) is 7.32. The molecule has 1 aromatic carbocycles. The van der Waals surface area contributed by atoms with Crippen LogP contribution in [-0.4, -0.2) is 37.6 Å². The smallest absolute Gasteiger partial charge is 0.172 e. The number of hydrogen-bond acceptors (Lipinski definition) is 7. The Morgan fingerprint density at radius 1 is 1.05 bits per heavy atom. The first kappa shape index (κ1) is 17.4. The van der Waals surface area contributed by atoms with Crippen LogP contribution in [0.4, 0.5) is 0 Å². The maximum atomic E-state index is 11.1. The van der Waals surface area contributed by atoms with Crippen LogP contribution >= 0.6 is 0 Å². The molecule has 0 spiro atoms. The van der Waals surface area contributed by atoms with Crippen LogP contribution in [-0.2, 0) is 25.9 Å². The monoisotopic (exact) mass is 305 g/mol. The maximum absolute atomic E-state index is 11.1. The Morgan fingerprint density at radius 2 is 1.68 bits per heavy atom. The minimum absolute atomic E-state index is 0.185. The first-order valence-corrected chi connectivity index (χ1v) is 6.53. The zero-order valence-corrected chi connectivity index (χ0v) is 13.1. The van der Waals surface area contributed by atoms with Crippen molar-refractivity contribution in [3.63, 3.8) is 0 Å². The summed E-state index contributed by atoms with van der Waals surface area (Å²) in [5.41, 5.74) is 2.81. The molecule has 0 saturated heterocycles. The molecule has 7 nitrogen and oxygen atoms in total. The largest absolute Gasteiger partial charge is 0.399 e. The summed E-state index contributed by atoms with van der Waals surface area (Å²) in [6.45, 7) is 3.70.